The second kappa shape index (κ2) is 4.86. The molecule has 2 rings (SSSR count). The van der Waals surface area contributed by atoms with Gasteiger partial charge >= 0.3 is 0 Å². The van der Waals surface area contributed by atoms with Crippen LogP contribution in [0, 0.1) is 0 Å². The van der Waals surface area contributed by atoms with Gasteiger partial charge in [-0.25, -0.2) is 13.4 Å². The fourth-order valence-corrected chi connectivity index (χ4v) is 3.23. The first kappa shape index (κ1) is 12.7. The average Bonchev–Trinajstić information content (AvgIpc) is 2.76. The van der Waals surface area contributed by atoms with Crippen LogP contribution in [-0.2, 0) is 16.4 Å². The molecule has 0 atom stereocenters. The molecule has 2 aromatic heterocycles. The lowest BCUT2D eigenvalue weighted by Gasteiger charge is -2.05. The Kier molecular flexibility index (Phi) is 3.43. The van der Waals surface area contributed by atoms with E-state index in [1.54, 1.807) is 0 Å². The summed E-state index contributed by atoms with van der Waals surface area (Å²) in [7, 11) is -3.77. The van der Waals surface area contributed by atoms with E-state index in [-0.39, 0.29) is 15.8 Å². The Morgan fingerprint density at radius 3 is 2.83 bits per heavy atom. The zero-order valence-electron chi connectivity index (χ0n) is 9.49. The molecule has 0 saturated carbocycles. The quantitative estimate of drug-likeness (QED) is 0.862. The third-order valence-electron chi connectivity index (χ3n) is 2.08. The smallest absolute Gasteiger partial charge is 0.267 e. The highest BCUT2D eigenvalue weighted by molar-refractivity contribution is 7.93. The highest BCUT2D eigenvalue weighted by Crippen LogP contribution is 2.22. The Hall–Kier alpha value is -1.74. The molecule has 0 aliphatic heterocycles. The van der Waals surface area contributed by atoms with Crippen LogP contribution in [0.1, 0.15) is 11.9 Å². The Morgan fingerprint density at radius 1 is 1.44 bits per heavy atom. The summed E-state index contributed by atoms with van der Waals surface area (Å²) in [4.78, 5) is 3.66. The summed E-state index contributed by atoms with van der Waals surface area (Å²) in [6.45, 7) is 1.91. The lowest BCUT2D eigenvalue weighted by Crippen LogP contribution is -2.15. The van der Waals surface area contributed by atoms with Crippen molar-refractivity contribution in [1.29, 1.82) is 0 Å². The van der Waals surface area contributed by atoms with Crippen molar-refractivity contribution in [2.75, 3.05) is 10.5 Å². The molecule has 2 heterocycles. The zero-order chi connectivity index (χ0) is 13.2. The number of nitrogens with one attached hydrogen (secondary N) is 1. The summed E-state index contributed by atoms with van der Waals surface area (Å²) >= 11 is 1.19. The van der Waals surface area contributed by atoms with Crippen molar-refractivity contribution in [2.24, 2.45) is 0 Å². The van der Waals surface area contributed by atoms with E-state index in [1.165, 1.54) is 29.7 Å². The van der Waals surface area contributed by atoms with Gasteiger partial charge in [0.15, 0.2) is 0 Å². The monoisotopic (exact) mass is 285 g/mol. The number of hydrogen-bond acceptors (Lipinski definition) is 7. The van der Waals surface area contributed by atoms with Crippen LogP contribution in [0.15, 0.2) is 23.2 Å². The number of aromatic nitrogens is 3. The maximum Gasteiger partial charge on any atom is 0.267 e. The van der Waals surface area contributed by atoms with Gasteiger partial charge in [0.05, 0.1) is 0 Å². The maximum absolute atomic E-state index is 12.0. The first-order valence-electron chi connectivity index (χ1n) is 5.08. The van der Waals surface area contributed by atoms with Crippen LogP contribution >= 0.6 is 11.3 Å². The molecule has 0 spiro atoms. The van der Waals surface area contributed by atoms with Crippen LogP contribution in [0.3, 0.4) is 0 Å². The highest BCUT2D eigenvalue weighted by Gasteiger charge is 2.19. The molecule has 2 aromatic rings. The summed E-state index contributed by atoms with van der Waals surface area (Å²) in [6.07, 6.45) is 2.13. The largest absolute Gasteiger partial charge is 0.383 e. The molecule has 0 saturated heterocycles. The van der Waals surface area contributed by atoms with E-state index >= 15 is 0 Å². The summed E-state index contributed by atoms with van der Waals surface area (Å²) in [5.41, 5.74) is 5.53. The number of hydrogen-bond donors (Lipinski definition) is 2. The van der Waals surface area contributed by atoms with Crippen LogP contribution in [0.25, 0.3) is 0 Å². The van der Waals surface area contributed by atoms with E-state index in [2.05, 4.69) is 19.9 Å². The van der Waals surface area contributed by atoms with Crippen molar-refractivity contribution in [3.05, 3.63) is 23.3 Å². The van der Waals surface area contributed by atoms with Crippen LogP contribution in [0.5, 0.6) is 0 Å². The summed E-state index contributed by atoms with van der Waals surface area (Å²) in [5.74, 6) is -0.0507. The van der Waals surface area contributed by atoms with Gasteiger partial charge in [-0.2, -0.15) is 0 Å². The minimum atomic E-state index is -3.77. The molecule has 7 nitrogen and oxygen atoms in total. The minimum Gasteiger partial charge on any atom is -0.383 e. The minimum absolute atomic E-state index is 0.0507. The number of pyridine rings is 1. The molecule has 0 aliphatic rings. The van der Waals surface area contributed by atoms with Crippen molar-refractivity contribution in [3.63, 3.8) is 0 Å². The molecule has 0 aromatic carbocycles. The number of rotatable bonds is 4. The second-order valence-corrected chi connectivity index (χ2v) is 6.06. The van der Waals surface area contributed by atoms with Gasteiger partial charge in [0.25, 0.3) is 10.0 Å². The van der Waals surface area contributed by atoms with Crippen LogP contribution in [0.2, 0.25) is 0 Å². The van der Waals surface area contributed by atoms with Crippen LogP contribution in [0.4, 0.5) is 10.9 Å². The van der Waals surface area contributed by atoms with E-state index in [0.29, 0.717) is 6.42 Å². The Morgan fingerprint density at radius 2 is 2.22 bits per heavy atom. The number of nitrogens with zero attached hydrogens (tertiary/aromatic N) is 3. The molecule has 96 valence electrons. The Bertz CT molecular complexity index is 652. The molecule has 0 aliphatic carbocycles. The van der Waals surface area contributed by atoms with Gasteiger partial charge in [0.1, 0.15) is 15.7 Å². The fraction of sp³-hybridized carbons (Fsp3) is 0.222. The maximum atomic E-state index is 12.0. The third kappa shape index (κ3) is 2.57. The van der Waals surface area contributed by atoms with E-state index in [4.69, 9.17) is 5.73 Å². The van der Waals surface area contributed by atoms with Crippen LogP contribution in [-0.4, -0.2) is 23.6 Å². The van der Waals surface area contributed by atoms with Gasteiger partial charge in [-0.1, -0.05) is 18.3 Å². The average molecular weight is 285 g/mol. The van der Waals surface area contributed by atoms with Gasteiger partial charge in [0.2, 0.25) is 5.13 Å². The van der Waals surface area contributed by atoms with E-state index < -0.39 is 10.0 Å². The number of nitrogens with two attached hydrogens (primary N) is 1. The first-order chi connectivity index (χ1) is 8.53. The Balaban J connectivity index is 2.30. The lowest BCUT2D eigenvalue weighted by atomic mass is 10.5. The van der Waals surface area contributed by atoms with Gasteiger partial charge in [0, 0.05) is 6.20 Å². The highest BCUT2D eigenvalue weighted by atomic mass is 32.2. The van der Waals surface area contributed by atoms with E-state index in [1.807, 2.05) is 6.92 Å². The topological polar surface area (TPSA) is 111 Å². The molecule has 18 heavy (non-hydrogen) atoms. The van der Waals surface area contributed by atoms with Gasteiger partial charge in [-0.05, 0) is 18.6 Å². The number of anilines is 2. The molecule has 0 amide bonds. The van der Waals surface area contributed by atoms with Gasteiger partial charge in [-0.15, -0.1) is 10.2 Å². The number of aryl methyl sites for hydroxylation is 1. The van der Waals surface area contributed by atoms with Crippen molar-refractivity contribution < 1.29 is 8.42 Å². The summed E-state index contributed by atoms with van der Waals surface area (Å²) in [5, 5.41) is 8.55. The summed E-state index contributed by atoms with van der Waals surface area (Å²) < 4.78 is 26.4. The van der Waals surface area contributed by atoms with E-state index in [9.17, 15) is 8.42 Å². The molecular weight excluding hydrogens is 274 g/mol. The van der Waals surface area contributed by atoms with Crippen molar-refractivity contribution in [3.8, 4) is 0 Å². The first-order valence-corrected chi connectivity index (χ1v) is 7.38. The normalized spacial score (nSPS) is 11.4. The Labute approximate surface area is 108 Å². The van der Waals surface area contributed by atoms with Crippen molar-refractivity contribution >= 4 is 32.3 Å². The molecule has 3 N–H and O–H groups in total. The summed E-state index contributed by atoms with van der Waals surface area (Å²) in [6, 6.07) is 2.88. The third-order valence-corrected chi connectivity index (χ3v) is 4.58. The molecule has 0 fully saturated rings. The molecule has 0 radical (unpaired) electrons. The number of sulfonamides is 1. The van der Waals surface area contributed by atoms with Crippen LogP contribution < -0.4 is 10.5 Å². The number of nitrogen functional groups attached to an aromatic ring is 1. The zero-order valence-corrected chi connectivity index (χ0v) is 11.1. The molecule has 0 bridgehead atoms. The van der Waals surface area contributed by atoms with E-state index in [0.717, 1.165) is 5.01 Å². The lowest BCUT2D eigenvalue weighted by molar-refractivity contribution is 0.601. The predicted octanol–water partition coefficient (Wildman–Crippen LogP) is 0.879. The van der Waals surface area contributed by atoms with Crippen molar-refractivity contribution in [2.45, 2.75) is 18.2 Å². The van der Waals surface area contributed by atoms with Gasteiger partial charge in [-0.3, -0.25) is 4.72 Å². The second-order valence-electron chi connectivity index (χ2n) is 3.35. The van der Waals surface area contributed by atoms with Gasteiger partial charge < -0.3 is 5.73 Å². The molecular formula is C9H11N5O2S2. The standard InChI is InChI=1S/C9H11N5O2S2/c1-2-7-12-13-9(17-7)14-18(15,16)6-4-3-5-11-8(6)10/h3-5H,2H2,1H3,(H2,10,11)(H,13,14). The fourth-order valence-electron chi connectivity index (χ4n) is 1.24. The molecule has 0 unspecified atom stereocenters. The predicted molar refractivity (Wildman–Crippen MR) is 68.7 cm³/mol. The van der Waals surface area contributed by atoms with Crippen molar-refractivity contribution in [1.82, 2.24) is 15.2 Å². The SMILES string of the molecule is CCc1nnc(NS(=O)(=O)c2cccnc2N)s1. The molecule has 9 heteroatoms.